The highest BCUT2D eigenvalue weighted by molar-refractivity contribution is 6.52. The minimum absolute atomic E-state index is 0.0608. The van der Waals surface area contributed by atoms with Gasteiger partial charge in [0.1, 0.15) is 17.3 Å². The number of rotatable bonds is 6. The molecule has 0 aliphatic carbocycles. The Bertz CT molecular complexity index is 1280. The van der Waals surface area contributed by atoms with Crippen molar-refractivity contribution in [3.8, 4) is 11.5 Å². The van der Waals surface area contributed by atoms with Crippen molar-refractivity contribution < 1.29 is 24.2 Å². The van der Waals surface area contributed by atoms with Crippen molar-refractivity contribution in [2.24, 2.45) is 0 Å². The lowest BCUT2D eigenvalue weighted by Gasteiger charge is -2.26. The van der Waals surface area contributed by atoms with Crippen LogP contribution >= 0.6 is 11.6 Å². The number of ether oxygens (including phenoxy) is 2. The van der Waals surface area contributed by atoms with Crippen LogP contribution in [-0.2, 0) is 9.59 Å². The van der Waals surface area contributed by atoms with Crippen LogP contribution in [0.5, 0.6) is 11.5 Å². The molecule has 1 amide bonds. The fraction of sp³-hybridized carbons (Fsp3) is 0.185. The number of nitrogens with zero attached hydrogens (tertiary/aromatic N) is 1. The summed E-state index contributed by atoms with van der Waals surface area (Å²) in [7, 11) is 1.49. The Morgan fingerprint density at radius 1 is 1.03 bits per heavy atom. The minimum atomic E-state index is -0.884. The standard InChI is InChI=1S/C27H24ClNO5/c1-4-34-20-7-5-6-17(14-20)24-23(25(30)21-15-19(33-3)12-13-22(21)28)26(31)27(32)29(24)18-10-8-16(2)9-11-18/h5-15,24,30H,4H2,1-3H3/b25-23+. The molecule has 1 saturated heterocycles. The average molecular weight is 478 g/mol. The second-order valence-corrected chi connectivity index (χ2v) is 8.26. The first-order valence-corrected chi connectivity index (χ1v) is 11.2. The Morgan fingerprint density at radius 3 is 2.44 bits per heavy atom. The van der Waals surface area contributed by atoms with Gasteiger partial charge in [-0.05, 0) is 61.9 Å². The maximum atomic E-state index is 13.3. The molecule has 1 atom stereocenters. The summed E-state index contributed by atoms with van der Waals surface area (Å²) in [5.41, 5.74) is 2.31. The van der Waals surface area contributed by atoms with E-state index >= 15 is 0 Å². The van der Waals surface area contributed by atoms with Gasteiger partial charge in [-0.1, -0.05) is 41.4 Å². The van der Waals surface area contributed by atoms with E-state index in [1.165, 1.54) is 18.1 Å². The van der Waals surface area contributed by atoms with E-state index in [-0.39, 0.29) is 21.9 Å². The second-order valence-electron chi connectivity index (χ2n) is 7.86. The number of hydrogen-bond donors (Lipinski definition) is 1. The van der Waals surface area contributed by atoms with E-state index in [4.69, 9.17) is 21.1 Å². The van der Waals surface area contributed by atoms with Crippen LogP contribution in [0.15, 0.2) is 72.3 Å². The SMILES string of the molecule is CCOc1cccc(C2/C(=C(\O)c3cc(OC)ccc3Cl)C(=O)C(=O)N2c2ccc(C)cc2)c1. The Balaban J connectivity index is 1.96. The molecule has 7 heteroatoms. The molecule has 34 heavy (non-hydrogen) atoms. The predicted molar refractivity (Wildman–Crippen MR) is 132 cm³/mol. The Kier molecular flexibility index (Phi) is 6.61. The maximum Gasteiger partial charge on any atom is 0.300 e. The molecule has 3 aromatic carbocycles. The molecule has 4 rings (SSSR count). The van der Waals surface area contributed by atoms with Gasteiger partial charge in [-0.2, -0.15) is 0 Å². The number of hydrogen-bond acceptors (Lipinski definition) is 5. The zero-order chi connectivity index (χ0) is 24.4. The quantitative estimate of drug-likeness (QED) is 0.281. The van der Waals surface area contributed by atoms with Crippen molar-refractivity contribution in [1.29, 1.82) is 0 Å². The van der Waals surface area contributed by atoms with Gasteiger partial charge >= 0.3 is 0 Å². The van der Waals surface area contributed by atoms with E-state index < -0.39 is 17.7 Å². The molecule has 0 saturated carbocycles. The first-order valence-electron chi connectivity index (χ1n) is 10.8. The first-order chi connectivity index (χ1) is 16.3. The zero-order valence-corrected chi connectivity index (χ0v) is 19.8. The maximum absolute atomic E-state index is 13.3. The number of aryl methyl sites for hydroxylation is 1. The van der Waals surface area contributed by atoms with E-state index in [0.29, 0.717) is 29.4 Å². The number of halogens is 1. The van der Waals surface area contributed by atoms with Gasteiger partial charge in [0.25, 0.3) is 11.7 Å². The van der Waals surface area contributed by atoms with Gasteiger partial charge in [-0.15, -0.1) is 0 Å². The summed E-state index contributed by atoms with van der Waals surface area (Å²) in [6.45, 7) is 4.27. The van der Waals surface area contributed by atoms with Crippen LogP contribution in [0.4, 0.5) is 5.69 Å². The molecule has 1 aliphatic heterocycles. The Labute approximate surface area is 203 Å². The van der Waals surface area contributed by atoms with E-state index in [9.17, 15) is 14.7 Å². The number of carbonyl (C=O) groups is 2. The molecule has 1 aliphatic rings. The molecule has 6 nitrogen and oxygen atoms in total. The number of ketones is 1. The summed E-state index contributed by atoms with van der Waals surface area (Å²) in [5.74, 6) is -0.869. The summed E-state index contributed by atoms with van der Waals surface area (Å²) in [6.07, 6.45) is 0. The van der Waals surface area contributed by atoms with Crippen LogP contribution in [0.2, 0.25) is 5.02 Å². The molecular formula is C27H24ClNO5. The van der Waals surface area contributed by atoms with Gasteiger partial charge in [0.15, 0.2) is 0 Å². The highest BCUT2D eigenvalue weighted by atomic mass is 35.5. The first kappa shape index (κ1) is 23.4. The molecule has 1 heterocycles. The van der Waals surface area contributed by atoms with Crippen molar-refractivity contribution >= 4 is 34.7 Å². The summed E-state index contributed by atoms with van der Waals surface area (Å²) in [5, 5.41) is 11.6. The van der Waals surface area contributed by atoms with Crippen molar-refractivity contribution in [3.63, 3.8) is 0 Å². The summed E-state index contributed by atoms with van der Waals surface area (Å²) in [4.78, 5) is 28.0. The monoisotopic (exact) mass is 477 g/mol. The molecular weight excluding hydrogens is 454 g/mol. The summed E-state index contributed by atoms with van der Waals surface area (Å²) in [6, 6.07) is 18.3. The molecule has 1 unspecified atom stereocenters. The number of carbonyl (C=O) groups excluding carboxylic acids is 2. The van der Waals surface area contributed by atoms with Gasteiger partial charge in [0.05, 0.1) is 30.4 Å². The van der Waals surface area contributed by atoms with Crippen molar-refractivity contribution in [2.75, 3.05) is 18.6 Å². The summed E-state index contributed by atoms with van der Waals surface area (Å²) < 4.78 is 10.9. The molecule has 0 aromatic heterocycles. The number of benzene rings is 3. The van der Waals surface area contributed by atoms with Gasteiger partial charge in [-0.3, -0.25) is 14.5 Å². The van der Waals surface area contributed by atoms with Crippen LogP contribution in [0.25, 0.3) is 5.76 Å². The lowest BCUT2D eigenvalue weighted by Crippen LogP contribution is -2.29. The fourth-order valence-electron chi connectivity index (χ4n) is 4.02. The van der Waals surface area contributed by atoms with Crippen LogP contribution < -0.4 is 14.4 Å². The molecule has 174 valence electrons. The Hall–Kier alpha value is -3.77. The topological polar surface area (TPSA) is 76.1 Å². The normalized spacial score (nSPS) is 17.2. The van der Waals surface area contributed by atoms with Crippen LogP contribution in [0, 0.1) is 6.92 Å². The number of amides is 1. The van der Waals surface area contributed by atoms with E-state index in [0.717, 1.165) is 5.56 Å². The molecule has 1 fully saturated rings. The molecule has 1 N–H and O–H groups in total. The van der Waals surface area contributed by atoms with Crippen molar-refractivity contribution in [2.45, 2.75) is 19.9 Å². The van der Waals surface area contributed by atoms with Gasteiger partial charge in [-0.25, -0.2) is 0 Å². The number of aliphatic hydroxyl groups excluding tert-OH is 1. The average Bonchev–Trinajstić information content (AvgIpc) is 3.10. The lowest BCUT2D eigenvalue weighted by atomic mass is 9.94. The third-order valence-electron chi connectivity index (χ3n) is 5.67. The predicted octanol–water partition coefficient (Wildman–Crippen LogP) is 5.68. The van der Waals surface area contributed by atoms with Crippen molar-refractivity contribution in [1.82, 2.24) is 0 Å². The third kappa shape index (κ3) is 4.24. The lowest BCUT2D eigenvalue weighted by molar-refractivity contribution is -0.132. The van der Waals surface area contributed by atoms with E-state index in [1.807, 2.05) is 26.0 Å². The minimum Gasteiger partial charge on any atom is -0.507 e. The van der Waals surface area contributed by atoms with Crippen LogP contribution in [0.1, 0.15) is 29.7 Å². The summed E-state index contributed by atoms with van der Waals surface area (Å²) >= 11 is 6.36. The highest BCUT2D eigenvalue weighted by Crippen LogP contribution is 2.44. The number of aliphatic hydroxyl groups is 1. The smallest absolute Gasteiger partial charge is 0.300 e. The third-order valence-corrected chi connectivity index (χ3v) is 6.00. The zero-order valence-electron chi connectivity index (χ0n) is 19.0. The Morgan fingerprint density at radius 2 is 1.76 bits per heavy atom. The van der Waals surface area contributed by atoms with Crippen molar-refractivity contribution in [3.05, 3.63) is 94.0 Å². The molecule has 3 aromatic rings. The second kappa shape index (κ2) is 9.61. The van der Waals surface area contributed by atoms with Gasteiger partial charge in [0.2, 0.25) is 0 Å². The number of Topliss-reactive ketones (excluding diaryl/α,β-unsaturated/α-hetero) is 1. The molecule has 0 spiro atoms. The molecule has 0 bridgehead atoms. The molecule has 0 radical (unpaired) electrons. The van der Waals surface area contributed by atoms with Gasteiger partial charge in [0, 0.05) is 11.3 Å². The number of methoxy groups -OCH3 is 1. The van der Waals surface area contributed by atoms with Gasteiger partial charge < -0.3 is 14.6 Å². The fourth-order valence-corrected chi connectivity index (χ4v) is 4.23. The number of anilines is 1. The van der Waals surface area contributed by atoms with Crippen LogP contribution in [0.3, 0.4) is 0 Å². The largest absolute Gasteiger partial charge is 0.507 e. The van der Waals surface area contributed by atoms with E-state index in [2.05, 4.69) is 0 Å². The van der Waals surface area contributed by atoms with E-state index in [1.54, 1.807) is 48.5 Å². The van der Waals surface area contributed by atoms with Crippen LogP contribution in [-0.4, -0.2) is 30.5 Å². The highest BCUT2D eigenvalue weighted by Gasteiger charge is 2.47.